The molecule has 0 saturated heterocycles. The monoisotopic (exact) mass is 349 g/mol. The fourth-order valence-corrected chi connectivity index (χ4v) is 2.71. The molecule has 2 N–H and O–H groups in total. The van der Waals surface area contributed by atoms with E-state index in [4.69, 9.17) is 0 Å². The molecular weight excluding hydrogens is 330 g/mol. The number of amides is 1. The first-order chi connectivity index (χ1) is 12.6. The summed E-state index contributed by atoms with van der Waals surface area (Å²) in [5.41, 5.74) is 1.59. The average Bonchev–Trinajstić information content (AvgIpc) is 2.66. The zero-order valence-corrected chi connectivity index (χ0v) is 14.2. The van der Waals surface area contributed by atoms with Gasteiger partial charge in [0.25, 0.3) is 5.56 Å². The van der Waals surface area contributed by atoms with Gasteiger partial charge in [0.15, 0.2) is 5.78 Å². The van der Waals surface area contributed by atoms with E-state index in [-0.39, 0.29) is 17.2 Å². The molecule has 0 saturated carbocycles. The van der Waals surface area contributed by atoms with E-state index in [0.29, 0.717) is 47.8 Å². The van der Waals surface area contributed by atoms with E-state index < -0.39 is 0 Å². The SMILES string of the molecule is O=C(CCCCC(=O)c1ccccc1)Nc1ccc2nc[nH]c(=O)c2c1. The Morgan fingerprint density at radius 2 is 1.77 bits per heavy atom. The van der Waals surface area contributed by atoms with Gasteiger partial charge in [-0.15, -0.1) is 0 Å². The maximum absolute atomic E-state index is 12.1. The minimum absolute atomic E-state index is 0.0901. The van der Waals surface area contributed by atoms with Gasteiger partial charge in [0.2, 0.25) is 5.91 Å². The second kappa shape index (κ2) is 8.20. The Labute approximate surface area is 150 Å². The second-order valence-electron chi connectivity index (χ2n) is 6.01. The Hall–Kier alpha value is -3.28. The van der Waals surface area contributed by atoms with Crippen molar-refractivity contribution in [2.24, 2.45) is 0 Å². The minimum atomic E-state index is -0.245. The average molecular weight is 349 g/mol. The topological polar surface area (TPSA) is 91.9 Å². The number of unbranched alkanes of at least 4 members (excludes halogenated alkanes) is 1. The summed E-state index contributed by atoms with van der Waals surface area (Å²) in [6.45, 7) is 0. The number of carbonyl (C=O) groups is 2. The predicted octanol–water partition coefficient (Wildman–Crippen LogP) is 3.30. The highest BCUT2D eigenvalue weighted by atomic mass is 16.1. The molecule has 0 atom stereocenters. The molecule has 0 bridgehead atoms. The van der Waals surface area contributed by atoms with Gasteiger partial charge in [-0.25, -0.2) is 4.98 Å². The van der Waals surface area contributed by atoms with Crippen molar-refractivity contribution in [2.45, 2.75) is 25.7 Å². The van der Waals surface area contributed by atoms with E-state index in [1.807, 2.05) is 18.2 Å². The molecule has 3 rings (SSSR count). The Morgan fingerprint density at radius 3 is 2.58 bits per heavy atom. The number of carbonyl (C=O) groups excluding carboxylic acids is 2. The fraction of sp³-hybridized carbons (Fsp3) is 0.200. The Balaban J connectivity index is 1.48. The molecule has 0 fully saturated rings. The van der Waals surface area contributed by atoms with Crippen LogP contribution in [-0.4, -0.2) is 21.7 Å². The summed E-state index contributed by atoms with van der Waals surface area (Å²) < 4.78 is 0. The number of aromatic amines is 1. The number of nitrogens with zero attached hydrogens (tertiary/aromatic N) is 1. The van der Waals surface area contributed by atoms with Gasteiger partial charge in [-0.05, 0) is 31.0 Å². The highest BCUT2D eigenvalue weighted by molar-refractivity contribution is 5.96. The first-order valence-electron chi connectivity index (χ1n) is 8.49. The minimum Gasteiger partial charge on any atom is -0.326 e. The zero-order valence-electron chi connectivity index (χ0n) is 14.2. The van der Waals surface area contributed by atoms with Gasteiger partial charge in [0, 0.05) is 24.1 Å². The van der Waals surface area contributed by atoms with Crippen molar-refractivity contribution in [1.29, 1.82) is 0 Å². The van der Waals surface area contributed by atoms with Crippen LogP contribution in [0.15, 0.2) is 59.7 Å². The molecule has 6 heteroatoms. The number of hydrogen-bond donors (Lipinski definition) is 2. The number of nitrogens with one attached hydrogen (secondary N) is 2. The van der Waals surface area contributed by atoms with Crippen molar-refractivity contribution in [2.75, 3.05) is 5.32 Å². The summed E-state index contributed by atoms with van der Waals surface area (Å²) >= 11 is 0. The number of aromatic nitrogens is 2. The third-order valence-corrected chi connectivity index (χ3v) is 4.08. The lowest BCUT2D eigenvalue weighted by atomic mass is 10.0. The molecule has 26 heavy (non-hydrogen) atoms. The van der Waals surface area contributed by atoms with Crippen LogP contribution in [0.2, 0.25) is 0 Å². The van der Waals surface area contributed by atoms with Crippen LogP contribution in [-0.2, 0) is 4.79 Å². The lowest BCUT2D eigenvalue weighted by Gasteiger charge is -2.06. The van der Waals surface area contributed by atoms with Gasteiger partial charge in [-0.3, -0.25) is 14.4 Å². The van der Waals surface area contributed by atoms with Crippen molar-refractivity contribution in [3.8, 4) is 0 Å². The van der Waals surface area contributed by atoms with Crippen molar-refractivity contribution in [3.63, 3.8) is 0 Å². The number of benzene rings is 2. The van der Waals surface area contributed by atoms with Crippen LogP contribution in [0.1, 0.15) is 36.0 Å². The second-order valence-corrected chi connectivity index (χ2v) is 6.01. The fourth-order valence-electron chi connectivity index (χ4n) is 2.71. The standard InChI is InChI=1S/C20H19N3O3/c24-18(14-6-2-1-3-7-14)8-4-5-9-19(25)23-15-10-11-17-16(12-15)20(26)22-13-21-17/h1-3,6-7,10-13H,4-5,8-9H2,(H,23,25)(H,21,22,26). The lowest BCUT2D eigenvalue weighted by molar-refractivity contribution is -0.116. The molecule has 6 nitrogen and oxygen atoms in total. The number of rotatable bonds is 7. The van der Waals surface area contributed by atoms with Crippen LogP contribution in [0, 0.1) is 0 Å². The quantitative estimate of drug-likeness (QED) is 0.506. The normalized spacial score (nSPS) is 10.6. The number of ketones is 1. The summed E-state index contributed by atoms with van der Waals surface area (Å²) in [5, 5.41) is 3.21. The molecule has 3 aromatic rings. The number of anilines is 1. The molecule has 0 unspecified atom stereocenters. The first-order valence-corrected chi connectivity index (χ1v) is 8.49. The van der Waals surface area contributed by atoms with E-state index in [9.17, 15) is 14.4 Å². The maximum atomic E-state index is 12.1. The van der Waals surface area contributed by atoms with Gasteiger partial charge >= 0.3 is 0 Å². The molecule has 132 valence electrons. The lowest BCUT2D eigenvalue weighted by Crippen LogP contribution is -2.12. The van der Waals surface area contributed by atoms with Crippen LogP contribution in [0.25, 0.3) is 10.9 Å². The summed E-state index contributed by atoms with van der Waals surface area (Å²) in [6.07, 6.45) is 3.38. The smallest absolute Gasteiger partial charge is 0.258 e. The van der Waals surface area contributed by atoms with E-state index in [2.05, 4.69) is 15.3 Å². The Kier molecular flexibility index (Phi) is 5.53. The highest BCUT2D eigenvalue weighted by Crippen LogP contribution is 2.15. The molecule has 0 aliphatic rings. The van der Waals surface area contributed by atoms with Gasteiger partial charge in [-0.2, -0.15) is 0 Å². The van der Waals surface area contributed by atoms with Crippen molar-refractivity contribution in [1.82, 2.24) is 9.97 Å². The summed E-state index contributed by atoms with van der Waals surface area (Å²) in [5.74, 6) is -0.0518. The molecule has 1 aromatic heterocycles. The van der Waals surface area contributed by atoms with Crippen LogP contribution in [0.5, 0.6) is 0 Å². The zero-order chi connectivity index (χ0) is 18.4. The van der Waals surface area contributed by atoms with Gasteiger partial charge in [-0.1, -0.05) is 30.3 Å². The summed E-state index contributed by atoms with van der Waals surface area (Å²) in [4.78, 5) is 42.4. The molecule has 0 aliphatic carbocycles. The third kappa shape index (κ3) is 4.42. The van der Waals surface area contributed by atoms with Crippen LogP contribution < -0.4 is 10.9 Å². The number of H-pyrrole nitrogens is 1. The Bertz CT molecular complexity index is 980. The molecular formula is C20H19N3O3. The molecule has 0 aliphatic heterocycles. The maximum Gasteiger partial charge on any atom is 0.258 e. The van der Waals surface area contributed by atoms with Gasteiger partial charge in [0.05, 0.1) is 17.2 Å². The highest BCUT2D eigenvalue weighted by Gasteiger charge is 2.08. The van der Waals surface area contributed by atoms with Crippen LogP contribution >= 0.6 is 0 Å². The van der Waals surface area contributed by atoms with Crippen molar-refractivity contribution < 1.29 is 9.59 Å². The van der Waals surface area contributed by atoms with Crippen LogP contribution in [0.3, 0.4) is 0 Å². The third-order valence-electron chi connectivity index (χ3n) is 4.08. The van der Waals surface area contributed by atoms with Gasteiger partial charge < -0.3 is 10.3 Å². The number of fused-ring (bicyclic) bond motifs is 1. The molecule has 1 heterocycles. The van der Waals surface area contributed by atoms with E-state index in [0.717, 1.165) is 0 Å². The predicted molar refractivity (Wildman–Crippen MR) is 100 cm³/mol. The Morgan fingerprint density at radius 1 is 1.00 bits per heavy atom. The number of hydrogen-bond acceptors (Lipinski definition) is 4. The van der Waals surface area contributed by atoms with Crippen molar-refractivity contribution >= 4 is 28.3 Å². The van der Waals surface area contributed by atoms with Gasteiger partial charge in [0.1, 0.15) is 0 Å². The summed E-state index contributed by atoms with van der Waals surface area (Å²) in [7, 11) is 0. The molecule has 0 spiro atoms. The summed E-state index contributed by atoms with van der Waals surface area (Å²) in [6, 6.07) is 14.2. The molecule has 2 aromatic carbocycles. The first kappa shape index (κ1) is 17.5. The molecule has 0 radical (unpaired) electrons. The largest absolute Gasteiger partial charge is 0.326 e. The number of Topliss-reactive ketones (excluding diaryl/α,β-unsaturated/α-hetero) is 1. The van der Waals surface area contributed by atoms with E-state index in [1.54, 1.807) is 30.3 Å². The van der Waals surface area contributed by atoms with Crippen LogP contribution in [0.4, 0.5) is 5.69 Å². The molecule has 1 amide bonds. The van der Waals surface area contributed by atoms with Crippen molar-refractivity contribution in [3.05, 3.63) is 70.8 Å². The van der Waals surface area contributed by atoms with E-state index >= 15 is 0 Å². The van der Waals surface area contributed by atoms with E-state index in [1.165, 1.54) is 6.33 Å².